The molecule has 1 aliphatic rings. The Balaban J connectivity index is 1.85. The van der Waals surface area contributed by atoms with Crippen molar-refractivity contribution in [1.82, 2.24) is 5.01 Å². The molecule has 0 N–H and O–H groups in total. The monoisotopic (exact) mass is 314 g/mol. The minimum Gasteiger partial charge on any atom is -0.494 e. The van der Waals surface area contributed by atoms with Gasteiger partial charge in [-0.2, -0.15) is 5.10 Å². The summed E-state index contributed by atoms with van der Waals surface area (Å²) in [6.45, 7) is 4.18. The highest BCUT2D eigenvalue weighted by molar-refractivity contribution is 7.10. The number of carbonyl (C=O) groups excluding carboxylic acids is 1. The molecule has 1 aromatic carbocycles. The highest BCUT2D eigenvalue weighted by atomic mass is 32.1. The van der Waals surface area contributed by atoms with Crippen LogP contribution in [-0.4, -0.2) is 23.2 Å². The smallest absolute Gasteiger partial charge is 0.240 e. The van der Waals surface area contributed by atoms with Crippen molar-refractivity contribution in [3.63, 3.8) is 0 Å². The number of amides is 1. The molecule has 1 aliphatic heterocycles. The molecule has 3 rings (SSSR count). The molecule has 1 atom stereocenters. The second-order valence-electron chi connectivity index (χ2n) is 5.10. The number of carbonyl (C=O) groups is 1. The first-order valence-electron chi connectivity index (χ1n) is 7.33. The lowest BCUT2D eigenvalue weighted by Crippen LogP contribution is -2.23. The number of nitrogens with zero attached hydrogens (tertiary/aromatic N) is 2. The van der Waals surface area contributed by atoms with Crippen LogP contribution < -0.4 is 4.74 Å². The van der Waals surface area contributed by atoms with E-state index in [1.54, 1.807) is 23.3 Å². The van der Waals surface area contributed by atoms with E-state index >= 15 is 0 Å². The quantitative estimate of drug-likeness (QED) is 0.860. The van der Waals surface area contributed by atoms with Gasteiger partial charge in [0.15, 0.2) is 0 Å². The second kappa shape index (κ2) is 6.32. The minimum absolute atomic E-state index is 0.0130. The highest BCUT2D eigenvalue weighted by Crippen LogP contribution is 2.35. The number of hydrogen-bond donors (Lipinski definition) is 0. The van der Waals surface area contributed by atoms with Crippen molar-refractivity contribution >= 4 is 23.0 Å². The van der Waals surface area contributed by atoms with E-state index in [1.807, 2.05) is 42.6 Å². The molecule has 5 heteroatoms. The standard InChI is InChI=1S/C17H18N2O2S/c1-3-21-14-8-6-13(7-9-14)15-11-16(17-5-4-10-22-17)19(18-15)12(2)20/h4-10,16H,3,11H2,1-2H3/t16-/m1/s1. The molecule has 22 heavy (non-hydrogen) atoms. The zero-order valence-electron chi connectivity index (χ0n) is 12.7. The van der Waals surface area contributed by atoms with Gasteiger partial charge in [-0.1, -0.05) is 6.07 Å². The number of benzene rings is 1. The van der Waals surface area contributed by atoms with Crippen LogP contribution in [0.4, 0.5) is 0 Å². The van der Waals surface area contributed by atoms with Crippen LogP contribution in [0.5, 0.6) is 5.75 Å². The fraction of sp³-hybridized carbons (Fsp3) is 0.294. The van der Waals surface area contributed by atoms with Crippen molar-refractivity contribution in [3.05, 3.63) is 52.2 Å². The first kappa shape index (κ1) is 14.8. The van der Waals surface area contributed by atoms with E-state index in [1.165, 1.54) is 4.88 Å². The van der Waals surface area contributed by atoms with E-state index in [0.29, 0.717) is 6.61 Å². The molecule has 0 spiro atoms. The summed E-state index contributed by atoms with van der Waals surface area (Å²) in [4.78, 5) is 13.0. The Labute approximate surface area is 134 Å². The van der Waals surface area contributed by atoms with E-state index in [0.717, 1.165) is 23.4 Å². The average molecular weight is 314 g/mol. The van der Waals surface area contributed by atoms with Crippen molar-refractivity contribution in [1.29, 1.82) is 0 Å². The Morgan fingerprint density at radius 2 is 2.14 bits per heavy atom. The Hall–Kier alpha value is -2.14. The highest BCUT2D eigenvalue weighted by Gasteiger charge is 2.31. The maximum Gasteiger partial charge on any atom is 0.240 e. The van der Waals surface area contributed by atoms with Gasteiger partial charge >= 0.3 is 0 Å². The SMILES string of the molecule is CCOc1ccc(C2=NN(C(C)=O)[C@@H](c3cccs3)C2)cc1. The van der Waals surface area contributed by atoms with Crippen LogP contribution >= 0.6 is 11.3 Å². The van der Waals surface area contributed by atoms with Gasteiger partial charge in [-0.3, -0.25) is 4.79 Å². The molecule has 1 amide bonds. The van der Waals surface area contributed by atoms with Gasteiger partial charge in [0.2, 0.25) is 5.91 Å². The third-order valence-corrected chi connectivity index (χ3v) is 4.58. The number of hydrazone groups is 1. The van der Waals surface area contributed by atoms with Crippen LogP contribution in [0.25, 0.3) is 0 Å². The van der Waals surface area contributed by atoms with Crippen LogP contribution in [0.1, 0.15) is 36.8 Å². The summed E-state index contributed by atoms with van der Waals surface area (Å²) in [5, 5.41) is 8.16. The van der Waals surface area contributed by atoms with Crippen molar-refractivity contribution in [2.24, 2.45) is 5.10 Å². The summed E-state index contributed by atoms with van der Waals surface area (Å²) in [7, 11) is 0. The number of thiophene rings is 1. The van der Waals surface area contributed by atoms with Gasteiger partial charge in [0.1, 0.15) is 5.75 Å². The summed E-state index contributed by atoms with van der Waals surface area (Å²) < 4.78 is 5.46. The third-order valence-electron chi connectivity index (χ3n) is 3.60. The molecule has 2 aromatic rings. The first-order chi connectivity index (χ1) is 10.7. The van der Waals surface area contributed by atoms with Crippen LogP contribution in [0.2, 0.25) is 0 Å². The van der Waals surface area contributed by atoms with Crippen LogP contribution in [0.15, 0.2) is 46.9 Å². The molecule has 4 nitrogen and oxygen atoms in total. The molecule has 0 saturated carbocycles. The lowest BCUT2D eigenvalue weighted by molar-refractivity contribution is -0.130. The van der Waals surface area contributed by atoms with Crippen molar-refractivity contribution in [2.45, 2.75) is 26.3 Å². The molecule has 0 fully saturated rings. The maximum absolute atomic E-state index is 11.9. The van der Waals surface area contributed by atoms with Gasteiger partial charge in [0.05, 0.1) is 18.4 Å². The Kier molecular flexibility index (Phi) is 4.24. The van der Waals surface area contributed by atoms with Crippen molar-refractivity contribution < 1.29 is 9.53 Å². The van der Waals surface area contributed by atoms with Gasteiger partial charge < -0.3 is 4.74 Å². The summed E-state index contributed by atoms with van der Waals surface area (Å²) in [5.74, 6) is 0.822. The molecule has 114 valence electrons. The fourth-order valence-electron chi connectivity index (χ4n) is 2.59. The van der Waals surface area contributed by atoms with Gasteiger partial charge in [0, 0.05) is 18.2 Å². The minimum atomic E-state index is -0.0284. The van der Waals surface area contributed by atoms with Crippen molar-refractivity contribution in [3.8, 4) is 5.75 Å². The first-order valence-corrected chi connectivity index (χ1v) is 8.21. The summed E-state index contributed by atoms with van der Waals surface area (Å²) in [6.07, 6.45) is 0.744. The molecule has 0 saturated heterocycles. The lowest BCUT2D eigenvalue weighted by Gasteiger charge is -2.18. The third kappa shape index (κ3) is 2.90. The van der Waals surface area contributed by atoms with E-state index in [-0.39, 0.29) is 11.9 Å². The molecule has 0 bridgehead atoms. The molecule has 1 aromatic heterocycles. The second-order valence-corrected chi connectivity index (χ2v) is 6.08. The van der Waals surface area contributed by atoms with E-state index in [4.69, 9.17) is 4.74 Å². The molecular weight excluding hydrogens is 296 g/mol. The van der Waals surface area contributed by atoms with Crippen LogP contribution in [0, 0.1) is 0 Å². The van der Waals surface area contributed by atoms with Gasteiger partial charge in [-0.05, 0) is 48.2 Å². The molecule has 2 heterocycles. The predicted octanol–water partition coefficient (Wildman–Crippen LogP) is 3.84. The Morgan fingerprint density at radius 1 is 1.36 bits per heavy atom. The largest absolute Gasteiger partial charge is 0.494 e. The maximum atomic E-state index is 11.9. The molecular formula is C17H18N2O2S. The van der Waals surface area contributed by atoms with E-state index in [9.17, 15) is 4.79 Å². The van der Waals surface area contributed by atoms with Crippen LogP contribution in [0.3, 0.4) is 0 Å². The fourth-order valence-corrected chi connectivity index (χ4v) is 3.40. The summed E-state index contributed by atoms with van der Waals surface area (Å²) >= 11 is 1.66. The Morgan fingerprint density at radius 3 is 2.73 bits per heavy atom. The molecule has 0 unspecified atom stereocenters. The lowest BCUT2D eigenvalue weighted by atomic mass is 10.0. The van der Waals surface area contributed by atoms with Crippen molar-refractivity contribution in [2.75, 3.05) is 6.61 Å². The van der Waals surface area contributed by atoms with Gasteiger partial charge in [-0.25, -0.2) is 5.01 Å². The number of ether oxygens (including phenoxy) is 1. The van der Waals surface area contributed by atoms with Gasteiger partial charge in [-0.15, -0.1) is 11.3 Å². The summed E-state index contributed by atoms with van der Waals surface area (Å²) in [5.41, 5.74) is 1.98. The zero-order valence-corrected chi connectivity index (χ0v) is 13.5. The van der Waals surface area contributed by atoms with Gasteiger partial charge in [0.25, 0.3) is 0 Å². The van der Waals surface area contributed by atoms with E-state index in [2.05, 4.69) is 11.2 Å². The Bertz CT molecular complexity index is 677. The number of hydrogen-bond acceptors (Lipinski definition) is 4. The number of rotatable bonds is 4. The summed E-state index contributed by atoms with van der Waals surface area (Å²) in [6, 6.07) is 12.0. The predicted molar refractivity (Wildman–Crippen MR) is 88.3 cm³/mol. The molecule has 0 aliphatic carbocycles. The topological polar surface area (TPSA) is 41.9 Å². The normalized spacial score (nSPS) is 17.5. The zero-order chi connectivity index (χ0) is 15.5. The molecule has 0 radical (unpaired) electrons. The van der Waals surface area contributed by atoms with Crippen LogP contribution in [-0.2, 0) is 4.79 Å². The van der Waals surface area contributed by atoms with E-state index < -0.39 is 0 Å². The average Bonchev–Trinajstić information content (AvgIpc) is 3.17.